The molecule has 0 aliphatic heterocycles. The standard InChI is InChI=1S/C18H16IN3O3/c1-24-13-8-11-16(22-18(13)25-2)9(6-7-20-11)17-15(19)14-10(21-17)4-3-5-12(14)23/h6-8,21H,3-5H2,1-2H3. The highest BCUT2D eigenvalue weighted by Crippen LogP contribution is 2.37. The molecule has 0 atom stereocenters. The number of hydrogen-bond acceptors (Lipinski definition) is 5. The molecule has 0 bridgehead atoms. The van der Waals surface area contributed by atoms with Crippen LogP contribution in [0.1, 0.15) is 28.9 Å². The summed E-state index contributed by atoms with van der Waals surface area (Å²) in [4.78, 5) is 24.7. The summed E-state index contributed by atoms with van der Waals surface area (Å²) in [6.45, 7) is 0. The van der Waals surface area contributed by atoms with Crippen LogP contribution in [0.2, 0.25) is 0 Å². The maximum Gasteiger partial charge on any atom is 0.257 e. The lowest BCUT2D eigenvalue weighted by Crippen LogP contribution is -2.09. The molecule has 3 heterocycles. The highest BCUT2D eigenvalue weighted by Gasteiger charge is 2.26. The Morgan fingerprint density at radius 3 is 2.80 bits per heavy atom. The van der Waals surface area contributed by atoms with E-state index in [2.05, 4.69) is 37.5 Å². The van der Waals surface area contributed by atoms with Gasteiger partial charge in [0.25, 0.3) is 5.88 Å². The van der Waals surface area contributed by atoms with E-state index in [1.807, 2.05) is 12.1 Å². The fourth-order valence-corrected chi connectivity index (χ4v) is 4.32. The number of nitrogens with zero attached hydrogens (tertiary/aromatic N) is 2. The Balaban J connectivity index is 1.97. The second-order valence-electron chi connectivity index (χ2n) is 5.87. The van der Waals surface area contributed by atoms with Gasteiger partial charge in [0.1, 0.15) is 5.52 Å². The van der Waals surface area contributed by atoms with Gasteiger partial charge in [0.2, 0.25) is 0 Å². The SMILES string of the molecule is COc1cc2nccc(-c3[nH]c4c(c3I)C(=O)CCC4)c2nc1OC. The molecule has 0 unspecified atom stereocenters. The van der Waals surface area contributed by atoms with Crippen LogP contribution in [0.4, 0.5) is 0 Å². The van der Waals surface area contributed by atoms with Crippen LogP contribution in [0.3, 0.4) is 0 Å². The number of ketones is 1. The van der Waals surface area contributed by atoms with Gasteiger partial charge in [-0.1, -0.05) is 0 Å². The lowest BCUT2D eigenvalue weighted by molar-refractivity contribution is 0.0971. The van der Waals surface area contributed by atoms with Crippen molar-refractivity contribution in [1.82, 2.24) is 15.0 Å². The van der Waals surface area contributed by atoms with E-state index < -0.39 is 0 Å². The van der Waals surface area contributed by atoms with E-state index in [1.54, 1.807) is 20.4 Å². The average molecular weight is 449 g/mol. The lowest BCUT2D eigenvalue weighted by Gasteiger charge is -2.10. The van der Waals surface area contributed by atoms with E-state index in [0.29, 0.717) is 29.1 Å². The van der Waals surface area contributed by atoms with Crippen LogP contribution in [0.15, 0.2) is 18.3 Å². The van der Waals surface area contributed by atoms with Gasteiger partial charge in [0.15, 0.2) is 11.5 Å². The predicted octanol–water partition coefficient (Wildman–Crippen LogP) is 3.77. The maximum absolute atomic E-state index is 12.3. The normalized spacial score (nSPS) is 13.8. The van der Waals surface area contributed by atoms with Crippen molar-refractivity contribution in [3.05, 3.63) is 33.2 Å². The molecule has 1 N–H and O–H groups in total. The van der Waals surface area contributed by atoms with Crippen LogP contribution >= 0.6 is 22.6 Å². The van der Waals surface area contributed by atoms with Gasteiger partial charge >= 0.3 is 0 Å². The largest absolute Gasteiger partial charge is 0.491 e. The van der Waals surface area contributed by atoms with Gasteiger partial charge in [0, 0.05) is 33.5 Å². The van der Waals surface area contributed by atoms with Gasteiger partial charge < -0.3 is 14.5 Å². The minimum atomic E-state index is 0.207. The van der Waals surface area contributed by atoms with Crippen molar-refractivity contribution in [1.29, 1.82) is 0 Å². The van der Waals surface area contributed by atoms with Gasteiger partial charge in [-0.2, -0.15) is 0 Å². The minimum Gasteiger partial charge on any atom is -0.491 e. The number of carbonyl (C=O) groups excluding carboxylic acids is 1. The van der Waals surface area contributed by atoms with Crippen LogP contribution < -0.4 is 9.47 Å². The number of hydrogen-bond donors (Lipinski definition) is 1. The molecule has 1 aliphatic rings. The fourth-order valence-electron chi connectivity index (χ4n) is 3.27. The fraction of sp³-hybridized carbons (Fsp3) is 0.278. The first-order valence-corrected chi connectivity index (χ1v) is 9.03. The molecule has 7 heteroatoms. The van der Waals surface area contributed by atoms with Crippen molar-refractivity contribution >= 4 is 39.4 Å². The number of aromatic amines is 1. The van der Waals surface area contributed by atoms with E-state index in [-0.39, 0.29) is 5.78 Å². The molecular weight excluding hydrogens is 433 g/mol. The lowest BCUT2D eigenvalue weighted by atomic mass is 9.96. The van der Waals surface area contributed by atoms with Gasteiger partial charge in [-0.25, -0.2) is 4.98 Å². The number of nitrogens with one attached hydrogen (secondary N) is 1. The summed E-state index contributed by atoms with van der Waals surface area (Å²) in [6.07, 6.45) is 4.14. The number of ether oxygens (including phenoxy) is 2. The Hall–Kier alpha value is -2.16. The summed E-state index contributed by atoms with van der Waals surface area (Å²) in [6, 6.07) is 3.72. The second kappa shape index (κ2) is 6.29. The summed E-state index contributed by atoms with van der Waals surface area (Å²) < 4.78 is 11.6. The molecule has 6 nitrogen and oxygen atoms in total. The summed E-state index contributed by atoms with van der Waals surface area (Å²) in [7, 11) is 3.13. The number of Topliss-reactive ketones (excluding diaryl/α,β-unsaturated/α-hetero) is 1. The molecule has 0 amide bonds. The third-order valence-corrected chi connectivity index (χ3v) is 5.53. The molecule has 128 valence electrons. The summed E-state index contributed by atoms with van der Waals surface area (Å²) in [5, 5.41) is 0. The Morgan fingerprint density at radius 1 is 1.24 bits per heavy atom. The number of fused-ring (bicyclic) bond motifs is 2. The van der Waals surface area contributed by atoms with Crippen molar-refractivity contribution < 1.29 is 14.3 Å². The van der Waals surface area contributed by atoms with Crippen molar-refractivity contribution in [3.63, 3.8) is 0 Å². The van der Waals surface area contributed by atoms with Crippen LogP contribution in [0.25, 0.3) is 22.3 Å². The van der Waals surface area contributed by atoms with Gasteiger partial charge in [-0.05, 0) is 41.5 Å². The highest BCUT2D eigenvalue weighted by atomic mass is 127. The van der Waals surface area contributed by atoms with Crippen molar-refractivity contribution in [2.45, 2.75) is 19.3 Å². The van der Waals surface area contributed by atoms with Crippen molar-refractivity contribution in [3.8, 4) is 22.9 Å². The van der Waals surface area contributed by atoms with Gasteiger partial charge in [-0.15, -0.1) is 0 Å². The maximum atomic E-state index is 12.3. The molecule has 0 saturated carbocycles. The molecule has 25 heavy (non-hydrogen) atoms. The summed E-state index contributed by atoms with van der Waals surface area (Å²) in [5.74, 6) is 1.15. The molecular formula is C18H16IN3O3. The van der Waals surface area contributed by atoms with Crippen LogP contribution in [0, 0.1) is 3.57 Å². The number of methoxy groups -OCH3 is 2. The molecule has 0 radical (unpaired) electrons. The molecule has 0 aromatic carbocycles. The second-order valence-corrected chi connectivity index (χ2v) is 6.95. The Labute approximate surface area is 158 Å². The smallest absolute Gasteiger partial charge is 0.257 e. The predicted molar refractivity (Wildman–Crippen MR) is 102 cm³/mol. The number of halogens is 1. The first kappa shape index (κ1) is 16.3. The van der Waals surface area contributed by atoms with Crippen LogP contribution in [-0.4, -0.2) is 35.0 Å². The van der Waals surface area contributed by atoms with Crippen LogP contribution in [-0.2, 0) is 6.42 Å². The Bertz CT molecular complexity index is 997. The first-order valence-electron chi connectivity index (χ1n) is 7.95. The zero-order chi connectivity index (χ0) is 17.6. The third-order valence-electron chi connectivity index (χ3n) is 4.45. The molecule has 1 aliphatic carbocycles. The molecule has 3 aromatic rings. The quantitative estimate of drug-likeness (QED) is 0.617. The third kappa shape index (κ3) is 2.57. The van der Waals surface area contributed by atoms with E-state index >= 15 is 0 Å². The Kier molecular flexibility index (Phi) is 4.10. The number of carbonyl (C=O) groups is 1. The topological polar surface area (TPSA) is 77.1 Å². The van der Waals surface area contributed by atoms with Crippen molar-refractivity contribution in [2.75, 3.05) is 14.2 Å². The number of aromatic nitrogens is 3. The zero-order valence-electron chi connectivity index (χ0n) is 13.9. The van der Waals surface area contributed by atoms with Crippen molar-refractivity contribution in [2.24, 2.45) is 0 Å². The van der Waals surface area contributed by atoms with E-state index in [9.17, 15) is 4.79 Å². The monoisotopic (exact) mass is 449 g/mol. The first-order chi connectivity index (χ1) is 12.1. The minimum absolute atomic E-state index is 0.207. The number of pyridine rings is 2. The number of H-pyrrole nitrogens is 1. The van der Waals surface area contributed by atoms with Crippen LogP contribution in [0.5, 0.6) is 11.6 Å². The average Bonchev–Trinajstić information content (AvgIpc) is 2.97. The summed E-state index contributed by atoms with van der Waals surface area (Å²) in [5.41, 5.74) is 5.08. The van der Waals surface area contributed by atoms with E-state index in [4.69, 9.17) is 9.47 Å². The van der Waals surface area contributed by atoms with Gasteiger partial charge in [-0.3, -0.25) is 9.78 Å². The van der Waals surface area contributed by atoms with E-state index in [0.717, 1.165) is 38.9 Å². The molecule has 0 spiro atoms. The number of aryl methyl sites for hydroxylation is 1. The molecule has 0 saturated heterocycles. The molecule has 3 aromatic heterocycles. The van der Waals surface area contributed by atoms with E-state index in [1.165, 1.54) is 0 Å². The number of rotatable bonds is 3. The van der Waals surface area contributed by atoms with Gasteiger partial charge in [0.05, 0.1) is 31.0 Å². The Morgan fingerprint density at radius 2 is 2.08 bits per heavy atom. The molecule has 4 rings (SSSR count). The zero-order valence-corrected chi connectivity index (χ0v) is 16.0. The highest BCUT2D eigenvalue weighted by molar-refractivity contribution is 14.1. The summed E-state index contributed by atoms with van der Waals surface area (Å²) >= 11 is 2.25. The molecule has 0 fully saturated rings.